The number of primary amides is 1. The molecule has 0 bridgehead atoms. The van der Waals surface area contributed by atoms with Gasteiger partial charge >= 0.3 is 0 Å². The number of hydrogen-bond acceptors (Lipinski definition) is 6. The molecule has 152 valence electrons. The van der Waals surface area contributed by atoms with Crippen molar-refractivity contribution in [3.63, 3.8) is 0 Å². The minimum atomic E-state index is -1.58. The van der Waals surface area contributed by atoms with Crippen LogP contribution in [0.25, 0.3) is 11.4 Å². The van der Waals surface area contributed by atoms with E-state index in [1.165, 1.54) is 37.8 Å². The predicted molar refractivity (Wildman–Crippen MR) is 105 cm³/mol. The molecule has 1 aliphatic rings. The number of aryl methyl sites for hydroxylation is 1. The average Bonchev–Trinajstić information content (AvgIpc) is 3.05. The minimum absolute atomic E-state index is 0.0456. The molecule has 0 aliphatic carbocycles. The van der Waals surface area contributed by atoms with Crippen molar-refractivity contribution in [3.8, 4) is 29.0 Å². The number of carbonyl (C=O) groups is 1. The van der Waals surface area contributed by atoms with Crippen molar-refractivity contribution in [2.75, 3.05) is 6.61 Å². The average molecular weight is 407 g/mol. The van der Waals surface area contributed by atoms with E-state index in [1.54, 1.807) is 11.5 Å². The highest BCUT2D eigenvalue weighted by atomic mass is 19.1. The fraction of sp³-hybridized carbons (Fsp3) is 0.238. The van der Waals surface area contributed by atoms with Crippen molar-refractivity contribution >= 4 is 5.91 Å². The predicted octanol–water partition coefficient (Wildman–Crippen LogP) is 1.54. The highest BCUT2D eigenvalue weighted by Crippen LogP contribution is 2.34. The van der Waals surface area contributed by atoms with Crippen LogP contribution in [-0.2, 0) is 12.1 Å². The third kappa shape index (κ3) is 3.49. The molecule has 0 spiro atoms. The second-order valence-electron chi connectivity index (χ2n) is 7.03. The number of fused-ring (bicyclic) bond motifs is 3. The zero-order valence-corrected chi connectivity index (χ0v) is 16.3. The van der Waals surface area contributed by atoms with E-state index >= 15 is 0 Å². The smallest absolute Gasteiger partial charge is 0.268 e. The van der Waals surface area contributed by atoms with Crippen molar-refractivity contribution in [1.29, 1.82) is 0 Å². The van der Waals surface area contributed by atoms with Gasteiger partial charge in [0.1, 0.15) is 36.0 Å². The van der Waals surface area contributed by atoms with Crippen LogP contribution < -0.4 is 10.5 Å². The number of benzene rings is 1. The standard InChI is InChI=1S/C21H18FN5O3/c1-12-15(9-24-11-25-12)21(2,29)4-3-13-7-14-18(8-16(13)22)30-6-5-27-10-17(19(23)28)26-20(14)27/h7-11,29H,5-6H2,1-2H3,(H2,23,28). The fourth-order valence-corrected chi connectivity index (χ4v) is 3.24. The molecule has 4 rings (SSSR count). The third-order valence-corrected chi connectivity index (χ3v) is 4.81. The molecule has 0 radical (unpaired) electrons. The van der Waals surface area contributed by atoms with Crippen LogP contribution in [0.4, 0.5) is 4.39 Å². The summed E-state index contributed by atoms with van der Waals surface area (Å²) in [5.74, 6) is 4.84. The van der Waals surface area contributed by atoms with Crippen molar-refractivity contribution in [3.05, 3.63) is 59.2 Å². The largest absolute Gasteiger partial charge is 0.491 e. The molecule has 2 aromatic heterocycles. The molecule has 8 nitrogen and oxygen atoms in total. The normalized spacial score (nSPS) is 14.3. The van der Waals surface area contributed by atoms with E-state index in [-0.39, 0.29) is 23.6 Å². The van der Waals surface area contributed by atoms with Crippen molar-refractivity contribution in [2.24, 2.45) is 5.73 Å². The Kier molecular flexibility index (Phi) is 4.72. The lowest BCUT2D eigenvalue weighted by atomic mass is 9.96. The van der Waals surface area contributed by atoms with Crippen LogP contribution in [0.3, 0.4) is 0 Å². The summed E-state index contributed by atoms with van der Waals surface area (Å²) in [5.41, 5.74) is 5.38. The van der Waals surface area contributed by atoms with Gasteiger partial charge in [-0.15, -0.1) is 0 Å². The lowest BCUT2D eigenvalue weighted by Crippen LogP contribution is -2.21. The van der Waals surface area contributed by atoms with Crippen molar-refractivity contribution in [2.45, 2.75) is 26.0 Å². The summed E-state index contributed by atoms with van der Waals surface area (Å²) >= 11 is 0. The Morgan fingerprint density at radius 3 is 2.97 bits per heavy atom. The molecule has 1 amide bonds. The van der Waals surface area contributed by atoms with Crippen LogP contribution in [0.2, 0.25) is 0 Å². The molecular formula is C21H18FN5O3. The van der Waals surface area contributed by atoms with Crippen molar-refractivity contribution < 1.29 is 19.0 Å². The number of imidazole rings is 1. The topological polar surface area (TPSA) is 116 Å². The first-order valence-electron chi connectivity index (χ1n) is 9.12. The highest BCUT2D eigenvalue weighted by molar-refractivity contribution is 5.91. The molecule has 0 saturated heterocycles. The van der Waals surface area contributed by atoms with Crippen LogP contribution in [0.1, 0.15) is 34.2 Å². The zero-order chi connectivity index (χ0) is 21.5. The third-order valence-electron chi connectivity index (χ3n) is 4.81. The monoisotopic (exact) mass is 407 g/mol. The SMILES string of the molecule is Cc1ncncc1C(C)(O)C#Cc1cc2c(cc1F)OCCn1cc(C(N)=O)nc1-2. The number of halogens is 1. The number of aromatic nitrogens is 4. The fourth-order valence-electron chi connectivity index (χ4n) is 3.24. The Labute approximate surface area is 171 Å². The number of nitrogens with two attached hydrogens (primary N) is 1. The Morgan fingerprint density at radius 1 is 1.43 bits per heavy atom. The molecule has 1 aromatic carbocycles. The highest BCUT2D eigenvalue weighted by Gasteiger charge is 2.25. The van der Waals surface area contributed by atoms with Crippen LogP contribution in [-0.4, -0.2) is 37.1 Å². The second-order valence-corrected chi connectivity index (χ2v) is 7.03. The Balaban J connectivity index is 1.80. The summed E-state index contributed by atoms with van der Waals surface area (Å²) in [7, 11) is 0. The molecular weight excluding hydrogens is 389 g/mol. The maximum atomic E-state index is 14.7. The minimum Gasteiger partial charge on any atom is -0.491 e. The maximum Gasteiger partial charge on any atom is 0.268 e. The number of rotatable bonds is 2. The van der Waals surface area contributed by atoms with Crippen LogP contribution in [0.15, 0.2) is 30.9 Å². The number of nitrogens with zero attached hydrogens (tertiary/aromatic N) is 4. The molecule has 1 unspecified atom stereocenters. The summed E-state index contributed by atoms with van der Waals surface area (Å²) in [4.78, 5) is 23.7. The Hall–Kier alpha value is -3.77. The second kappa shape index (κ2) is 7.24. The number of aliphatic hydroxyl groups is 1. The quantitative estimate of drug-likeness (QED) is 0.623. The van der Waals surface area contributed by atoms with E-state index in [0.717, 1.165) is 0 Å². The molecule has 9 heteroatoms. The molecule has 1 atom stereocenters. The first kappa shape index (κ1) is 19.5. The van der Waals surface area contributed by atoms with Gasteiger partial charge in [0.15, 0.2) is 5.60 Å². The lowest BCUT2D eigenvalue weighted by molar-refractivity contribution is 0.0995. The Bertz CT molecular complexity index is 1220. The van der Waals surface area contributed by atoms with Gasteiger partial charge in [0, 0.05) is 29.7 Å². The van der Waals surface area contributed by atoms with Crippen LogP contribution >= 0.6 is 0 Å². The molecule has 30 heavy (non-hydrogen) atoms. The number of amides is 1. The summed E-state index contributed by atoms with van der Waals surface area (Å²) in [6, 6.07) is 2.70. The summed E-state index contributed by atoms with van der Waals surface area (Å²) in [6.45, 7) is 3.92. The van der Waals surface area contributed by atoms with Crippen molar-refractivity contribution in [1.82, 2.24) is 19.5 Å². The summed E-state index contributed by atoms with van der Waals surface area (Å²) < 4.78 is 22.0. The first-order valence-corrected chi connectivity index (χ1v) is 9.12. The number of ether oxygens (including phenoxy) is 1. The summed E-state index contributed by atoms with van der Waals surface area (Å²) in [6.07, 6.45) is 4.38. The number of hydrogen-bond donors (Lipinski definition) is 2. The van der Waals surface area contributed by atoms with Gasteiger partial charge in [-0.05, 0) is 19.9 Å². The van der Waals surface area contributed by atoms with Gasteiger partial charge in [0.2, 0.25) is 0 Å². The molecule has 3 aromatic rings. The maximum absolute atomic E-state index is 14.7. The van der Waals surface area contributed by atoms with Gasteiger partial charge in [-0.3, -0.25) is 4.79 Å². The van der Waals surface area contributed by atoms with E-state index < -0.39 is 17.3 Å². The van der Waals surface area contributed by atoms with Gasteiger partial charge < -0.3 is 20.1 Å². The van der Waals surface area contributed by atoms with Crippen LogP contribution in [0.5, 0.6) is 5.75 Å². The van der Waals surface area contributed by atoms with E-state index in [2.05, 4.69) is 26.8 Å². The van der Waals surface area contributed by atoms with Gasteiger partial charge in [-0.1, -0.05) is 11.8 Å². The van der Waals surface area contributed by atoms with Gasteiger partial charge in [0.25, 0.3) is 5.91 Å². The van der Waals surface area contributed by atoms with E-state index in [0.29, 0.717) is 29.2 Å². The number of carbonyl (C=O) groups excluding carboxylic acids is 1. The lowest BCUT2D eigenvalue weighted by Gasteiger charge is -2.17. The first-order chi connectivity index (χ1) is 14.3. The van der Waals surface area contributed by atoms with E-state index in [4.69, 9.17) is 10.5 Å². The van der Waals surface area contributed by atoms with E-state index in [9.17, 15) is 14.3 Å². The van der Waals surface area contributed by atoms with Gasteiger partial charge in [0.05, 0.1) is 17.7 Å². The Morgan fingerprint density at radius 2 is 2.23 bits per heavy atom. The zero-order valence-electron chi connectivity index (χ0n) is 16.3. The molecule has 0 saturated carbocycles. The summed E-state index contributed by atoms with van der Waals surface area (Å²) in [5, 5.41) is 10.8. The molecule has 0 fully saturated rings. The molecule has 1 aliphatic heterocycles. The molecule has 3 N–H and O–H groups in total. The van der Waals surface area contributed by atoms with Gasteiger partial charge in [-0.25, -0.2) is 19.3 Å². The molecule has 3 heterocycles. The van der Waals surface area contributed by atoms with Crippen LogP contribution in [0, 0.1) is 24.6 Å². The van der Waals surface area contributed by atoms with Gasteiger partial charge in [-0.2, -0.15) is 0 Å². The van der Waals surface area contributed by atoms with E-state index in [1.807, 2.05) is 0 Å².